The molecule has 3 aliphatic rings. The number of hydrogen-bond acceptors (Lipinski definition) is 11. The third-order valence-electron chi connectivity index (χ3n) is 13.2. The van der Waals surface area contributed by atoms with E-state index >= 15 is 0 Å². The first-order valence-electron chi connectivity index (χ1n) is 23.1. The van der Waals surface area contributed by atoms with E-state index in [-0.39, 0.29) is 22.7 Å². The van der Waals surface area contributed by atoms with E-state index in [2.05, 4.69) is 64.7 Å². The number of carbonyl (C=O) groups excluding carboxylic acids is 1. The summed E-state index contributed by atoms with van der Waals surface area (Å²) in [7, 11) is -9.99. The van der Waals surface area contributed by atoms with Crippen molar-refractivity contribution in [2.45, 2.75) is 85.9 Å². The van der Waals surface area contributed by atoms with Crippen LogP contribution in [0.1, 0.15) is 69.3 Å². The normalized spacial score (nSPS) is 18.4. The largest absolute Gasteiger partial charge is 0.380 e. The van der Waals surface area contributed by atoms with Crippen molar-refractivity contribution in [1.82, 2.24) is 19.4 Å². The summed E-state index contributed by atoms with van der Waals surface area (Å²) in [5.74, 6) is -4.27. The molecule has 1 atom stereocenters. The second-order valence-electron chi connectivity index (χ2n) is 18.9. The average molecular weight is 998 g/mol. The van der Waals surface area contributed by atoms with Crippen molar-refractivity contribution in [2.75, 3.05) is 81.4 Å². The Balaban J connectivity index is 1.00. The van der Waals surface area contributed by atoms with E-state index in [0.29, 0.717) is 30.8 Å². The molecule has 0 spiro atoms. The van der Waals surface area contributed by atoms with Crippen LogP contribution in [0.4, 0.5) is 20.2 Å². The summed E-state index contributed by atoms with van der Waals surface area (Å²) in [6, 6.07) is 27.5. The molecule has 2 N–H and O–H groups in total. The minimum atomic E-state index is -5.29. The number of carbonyl (C=O) groups is 1. The molecule has 1 aliphatic carbocycles. The van der Waals surface area contributed by atoms with Crippen molar-refractivity contribution in [2.24, 2.45) is 5.41 Å². The number of anilines is 2. The van der Waals surface area contributed by atoms with Crippen LogP contribution in [0.25, 0.3) is 5.57 Å². The Morgan fingerprint density at radius 1 is 0.821 bits per heavy atom. The van der Waals surface area contributed by atoms with Gasteiger partial charge in [0, 0.05) is 104 Å². The lowest BCUT2D eigenvalue weighted by molar-refractivity contribution is 0.0981. The molecule has 0 aromatic heterocycles. The topological polar surface area (TPSA) is 122 Å². The van der Waals surface area contributed by atoms with E-state index in [9.17, 15) is 30.4 Å². The minimum Gasteiger partial charge on any atom is -0.380 e. The first-order chi connectivity index (χ1) is 31.9. The zero-order valence-electron chi connectivity index (χ0n) is 38.8. The number of nitrogens with one attached hydrogen (secondary N) is 2. The second-order valence-corrected chi connectivity index (χ2v) is 24.0. The highest BCUT2D eigenvalue weighted by atomic mass is 35.5. The van der Waals surface area contributed by atoms with Crippen LogP contribution in [0.5, 0.6) is 0 Å². The quantitative estimate of drug-likeness (QED) is 0.0929. The van der Waals surface area contributed by atoms with Gasteiger partial charge in [0.25, 0.3) is 15.9 Å². The molecule has 0 unspecified atom stereocenters. The van der Waals surface area contributed by atoms with Crippen molar-refractivity contribution in [3.8, 4) is 0 Å². The number of hydrogen-bond donors (Lipinski definition) is 2. The average Bonchev–Trinajstić information content (AvgIpc) is 3.30. The monoisotopic (exact) mass is 996 g/mol. The zero-order chi connectivity index (χ0) is 47.9. The molecule has 11 nitrogen and oxygen atoms in total. The Morgan fingerprint density at radius 2 is 1.48 bits per heavy atom. The molecule has 0 saturated carbocycles. The lowest BCUT2D eigenvalue weighted by Crippen LogP contribution is -2.49. The van der Waals surface area contributed by atoms with Gasteiger partial charge in [-0.3, -0.25) is 14.6 Å². The van der Waals surface area contributed by atoms with Gasteiger partial charge in [0.05, 0.1) is 15.5 Å². The summed E-state index contributed by atoms with van der Waals surface area (Å²) >= 11 is 7.75. The fourth-order valence-corrected chi connectivity index (χ4v) is 12.3. The number of rotatable bonds is 18. The van der Waals surface area contributed by atoms with Crippen LogP contribution in [0.2, 0.25) is 5.02 Å². The van der Waals surface area contributed by atoms with Gasteiger partial charge in [-0.1, -0.05) is 61.4 Å². The van der Waals surface area contributed by atoms with Crippen molar-refractivity contribution < 1.29 is 30.4 Å². The molecular formula is C50H63ClF2N6O5S3. The number of sulfone groups is 1. The van der Waals surface area contributed by atoms with Crippen LogP contribution in [0.3, 0.4) is 0 Å². The van der Waals surface area contributed by atoms with E-state index in [1.165, 1.54) is 34.9 Å². The van der Waals surface area contributed by atoms with Gasteiger partial charge < -0.3 is 15.1 Å². The maximum absolute atomic E-state index is 14.3. The Labute approximate surface area is 405 Å². The number of sulfonamides is 1. The van der Waals surface area contributed by atoms with Gasteiger partial charge in [-0.15, -0.1) is 11.8 Å². The molecule has 2 saturated heterocycles. The van der Waals surface area contributed by atoms with E-state index in [1.54, 1.807) is 23.9 Å². The standard InChI is InChI=1S/C50H63ClF2N6O5S3/c1-36(2)58-28-24-56(25-29-58)23-21-41(35-65-43-8-6-5-7-9-43)54-46-19-18-44(32-47(46)66(61,62)49(52)53)67(63,64)55-48(60)38-12-16-42(17-13-38)59-30-26-57(27-31-59)34-39-33-50(3,4)22-20-45(39)37-10-14-40(51)15-11-37/h5-19,32,36,41,49,54H,20-31,33-35H2,1-4H3,(H,55,60)/t41-/m1/s1. The minimum absolute atomic E-state index is 0.0654. The van der Waals surface area contributed by atoms with E-state index in [0.717, 1.165) is 99.8 Å². The maximum atomic E-state index is 14.3. The molecule has 4 aromatic carbocycles. The highest BCUT2D eigenvalue weighted by Gasteiger charge is 2.33. The molecule has 7 rings (SSSR count). The van der Waals surface area contributed by atoms with Crippen LogP contribution < -0.4 is 14.9 Å². The fraction of sp³-hybridized carbons (Fsp3) is 0.460. The first kappa shape index (κ1) is 50.8. The summed E-state index contributed by atoms with van der Waals surface area (Å²) < 4.78 is 84.3. The van der Waals surface area contributed by atoms with Gasteiger partial charge in [-0.05, 0) is 123 Å². The highest BCUT2D eigenvalue weighted by molar-refractivity contribution is 7.99. The van der Waals surface area contributed by atoms with Gasteiger partial charge in [-0.2, -0.15) is 8.78 Å². The third-order valence-corrected chi connectivity index (χ3v) is 17.3. The molecule has 2 fully saturated rings. The molecule has 362 valence electrons. The van der Waals surface area contributed by atoms with Crippen molar-refractivity contribution in [3.05, 3.63) is 119 Å². The van der Waals surface area contributed by atoms with Crippen LogP contribution in [-0.4, -0.2) is 126 Å². The summed E-state index contributed by atoms with van der Waals surface area (Å²) in [5, 5.41) is 3.92. The lowest BCUT2D eigenvalue weighted by Gasteiger charge is -2.39. The predicted octanol–water partition coefficient (Wildman–Crippen LogP) is 9.23. The zero-order valence-corrected chi connectivity index (χ0v) is 42.0. The van der Waals surface area contributed by atoms with Gasteiger partial charge in [0.1, 0.15) is 0 Å². The first-order valence-corrected chi connectivity index (χ1v) is 27.4. The Hall–Kier alpha value is -4.03. The summed E-state index contributed by atoms with van der Waals surface area (Å²) in [4.78, 5) is 22.4. The predicted molar refractivity (Wildman–Crippen MR) is 268 cm³/mol. The number of benzene rings is 4. The smallest absolute Gasteiger partial charge is 0.341 e. The number of piperazine rings is 2. The summed E-state index contributed by atoms with van der Waals surface area (Å²) in [5.41, 5.74) is 5.16. The van der Waals surface area contributed by atoms with E-state index < -0.39 is 41.3 Å². The molecular weight excluding hydrogens is 934 g/mol. The Kier molecular flexibility index (Phi) is 16.8. The van der Waals surface area contributed by atoms with Gasteiger partial charge >= 0.3 is 5.76 Å². The fourth-order valence-electron chi connectivity index (χ4n) is 9.15. The molecule has 2 aliphatic heterocycles. The van der Waals surface area contributed by atoms with Gasteiger partial charge in [0.15, 0.2) is 0 Å². The van der Waals surface area contributed by atoms with Crippen molar-refractivity contribution in [1.29, 1.82) is 0 Å². The number of amides is 1. The van der Waals surface area contributed by atoms with Crippen molar-refractivity contribution in [3.63, 3.8) is 0 Å². The molecule has 1 amide bonds. The highest BCUT2D eigenvalue weighted by Crippen LogP contribution is 2.43. The number of allylic oxidation sites excluding steroid dienone is 1. The number of thioether (sulfide) groups is 1. The maximum Gasteiger partial charge on any atom is 0.341 e. The SMILES string of the molecule is CC(C)N1CCN(CC[C@H](CSc2ccccc2)Nc2ccc(S(=O)(=O)NC(=O)c3ccc(N4CCN(CC5=C(c6ccc(Cl)cc6)CCC(C)(C)C5)CC4)cc3)cc2S(=O)(=O)C(F)F)CC1. The number of nitrogens with zero attached hydrogens (tertiary/aromatic N) is 4. The summed E-state index contributed by atoms with van der Waals surface area (Å²) in [6.45, 7) is 17.4. The van der Waals surface area contributed by atoms with Crippen molar-refractivity contribution >= 4 is 66.1 Å². The van der Waals surface area contributed by atoms with Crippen LogP contribution in [0.15, 0.2) is 117 Å². The molecule has 67 heavy (non-hydrogen) atoms. The molecule has 2 heterocycles. The summed E-state index contributed by atoms with van der Waals surface area (Å²) in [6.07, 6.45) is 3.77. The van der Waals surface area contributed by atoms with Crippen LogP contribution >= 0.6 is 23.4 Å². The van der Waals surface area contributed by atoms with Gasteiger partial charge in [-0.25, -0.2) is 21.6 Å². The van der Waals surface area contributed by atoms with Crippen LogP contribution in [-0.2, 0) is 19.9 Å². The number of alkyl halides is 2. The van der Waals surface area contributed by atoms with E-state index in [1.807, 2.05) is 47.2 Å². The van der Waals surface area contributed by atoms with E-state index in [4.69, 9.17) is 11.6 Å². The lowest BCUT2D eigenvalue weighted by atomic mass is 9.73. The molecule has 4 aromatic rings. The molecule has 0 bridgehead atoms. The third kappa shape index (κ3) is 13.4. The molecule has 0 radical (unpaired) electrons. The second kappa shape index (κ2) is 22.2. The van der Waals surface area contributed by atoms with Gasteiger partial charge in [0.2, 0.25) is 9.84 Å². The van der Waals surface area contributed by atoms with Crippen LogP contribution in [0, 0.1) is 5.41 Å². The Bertz CT molecular complexity index is 2570. The number of halogens is 3. The molecule has 17 heteroatoms. The Morgan fingerprint density at radius 3 is 2.12 bits per heavy atom.